The Balaban J connectivity index is 1.67. The second kappa shape index (κ2) is 9.83. The van der Waals surface area contributed by atoms with E-state index < -0.39 is 11.9 Å². The zero-order chi connectivity index (χ0) is 18.8. The van der Waals surface area contributed by atoms with Crippen molar-refractivity contribution in [3.8, 4) is 0 Å². The molecule has 0 saturated carbocycles. The van der Waals surface area contributed by atoms with Crippen molar-refractivity contribution in [1.82, 2.24) is 16.1 Å². The summed E-state index contributed by atoms with van der Waals surface area (Å²) >= 11 is 0. The number of rotatable bonds is 7. The fourth-order valence-electron chi connectivity index (χ4n) is 2.08. The Morgan fingerprint density at radius 1 is 1.00 bits per heavy atom. The molecule has 7 nitrogen and oxygen atoms in total. The monoisotopic (exact) mass is 353 g/mol. The number of nitrogens with zero attached hydrogens (tertiary/aromatic N) is 2. The minimum absolute atomic E-state index is 0.155. The first-order valence-electron chi connectivity index (χ1n) is 8.19. The zero-order valence-corrected chi connectivity index (χ0v) is 14.9. The lowest BCUT2D eigenvalue weighted by Crippen LogP contribution is -2.40. The molecular formula is C19H23N5O2. The molecule has 0 heterocycles. The maximum Gasteiger partial charge on any atom is 0.315 e. The number of hydrazone groups is 1. The van der Waals surface area contributed by atoms with Crippen LogP contribution in [0.1, 0.15) is 11.1 Å². The van der Waals surface area contributed by atoms with Crippen LogP contribution in [0.15, 0.2) is 59.7 Å². The minimum Gasteiger partial charge on any atom is -0.378 e. The van der Waals surface area contributed by atoms with Gasteiger partial charge in [-0.3, -0.25) is 4.79 Å². The third kappa shape index (κ3) is 6.64. The number of hydrogen-bond donors (Lipinski definition) is 3. The molecular weight excluding hydrogens is 330 g/mol. The van der Waals surface area contributed by atoms with Gasteiger partial charge in [-0.15, -0.1) is 0 Å². The van der Waals surface area contributed by atoms with E-state index in [0.29, 0.717) is 6.54 Å². The molecule has 3 N–H and O–H groups in total. The Kier molecular flexibility index (Phi) is 7.17. The average Bonchev–Trinajstić information content (AvgIpc) is 2.66. The van der Waals surface area contributed by atoms with Crippen molar-refractivity contribution in [1.29, 1.82) is 0 Å². The number of anilines is 1. The van der Waals surface area contributed by atoms with Crippen LogP contribution < -0.4 is 21.0 Å². The van der Waals surface area contributed by atoms with Gasteiger partial charge in [0, 0.05) is 26.3 Å². The van der Waals surface area contributed by atoms with Crippen molar-refractivity contribution in [2.24, 2.45) is 5.10 Å². The van der Waals surface area contributed by atoms with Crippen molar-refractivity contribution < 1.29 is 9.59 Å². The highest BCUT2D eigenvalue weighted by atomic mass is 16.2. The molecule has 2 rings (SSSR count). The van der Waals surface area contributed by atoms with Gasteiger partial charge in [0.05, 0.1) is 6.21 Å². The number of carbonyl (C=O) groups excluding carboxylic acids is 2. The smallest absolute Gasteiger partial charge is 0.315 e. The third-order valence-corrected chi connectivity index (χ3v) is 3.52. The lowest BCUT2D eigenvalue weighted by atomic mass is 10.2. The number of benzene rings is 2. The van der Waals surface area contributed by atoms with Gasteiger partial charge in [-0.05, 0) is 23.3 Å². The van der Waals surface area contributed by atoms with E-state index in [-0.39, 0.29) is 6.54 Å². The summed E-state index contributed by atoms with van der Waals surface area (Å²) in [5, 5.41) is 9.04. The van der Waals surface area contributed by atoms with Gasteiger partial charge >= 0.3 is 6.03 Å². The zero-order valence-electron chi connectivity index (χ0n) is 14.9. The van der Waals surface area contributed by atoms with Crippen LogP contribution in [0.25, 0.3) is 0 Å². The van der Waals surface area contributed by atoms with Gasteiger partial charge in [-0.25, -0.2) is 10.2 Å². The molecule has 0 aliphatic carbocycles. The number of nitrogens with one attached hydrogen (secondary N) is 3. The van der Waals surface area contributed by atoms with Crippen molar-refractivity contribution in [2.75, 3.05) is 25.5 Å². The van der Waals surface area contributed by atoms with Gasteiger partial charge in [-0.2, -0.15) is 5.10 Å². The molecule has 0 radical (unpaired) electrons. The van der Waals surface area contributed by atoms with Crippen LogP contribution in [0.3, 0.4) is 0 Å². The summed E-state index contributed by atoms with van der Waals surface area (Å²) in [5.74, 6) is -0.402. The molecule has 0 fully saturated rings. The number of hydrogen-bond acceptors (Lipinski definition) is 4. The Morgan fingerprint density at radius 2 is 1.69 bits per heavy atom. The summed E-state index contributed by atoms with van der Waals surface area (Å²) < 4.78 is 0. The van der Waals surface area contributed by atoms with Crippen molar-refractivity contribution in [3.63, 3.8) is 0 Å². The van der Waals surface area contributed by atoms with E-state index in [0.717, 1.165) is 16.8 Å². The summed E-state index contributed by atoms with van der Waals surface area (Å²) in [5.41, 5.74) is 5.30. The topological polar surface area (TPSA) is 85.8 Å². The second-order valence-electron chi connectivity index (χ2n) is 5.80. The van der Waals surface area contributed by atoms with E-state index in [4.69, 9.17) is 0 Å². The summed E-state index contributed by atoms with van der Waals surface area (Å²) in [6.07, 6.45) is 1.55. The SMILES string of the molecule is CN(C)c1ccc(/C=N\NC(=O)CNC(=O)NCc2ccccc2)cc1. The van der Waals surface area contributed by atoms with E-state index in [1.165, 1.54) is 0 Å². The maximum absolute atomic E-state index is 11.7. The molecule has 136 valence electrons. The molecule has 0 spiro atoms. The van der Waals surface area contributed by atoms with Crippen LogP contribution >= 0.6 is 0 Å². The van der Waals surface area contributed by atoms with Crippen molar-refractivity contribution in [2.45, 2.75) is 6.54 Å². The molecule has 0 bridgehead atoms. The Hall–Kier alpha value is -3.35. The number of carbonyl (C=O) groups is 2. The first kappa shape index (κ1) is 19.0. The number of amides is 3. The minimum atomic E-state index is -0.410. The molecule has 26 heavy (non-hydrogen) atoms. The predicted octanol–water partition coefficient (Wildman–Crippen LogP) is 1.70. The van der Waals surface area contributed by atoms with Crippen LogP contribution in [0, 0.1) is 0 Å². The van der Waals surface area contributed by atoms with Gasteiger partial charge in [0.15, 0.2) is 0 Å². The van der Waals surface area contributed by atoms with E-state index in [1.54, 1.807) is 6.21 Å². The van der Waals surface area contributed by atoms with Gasteiger partial charge in [0.1, 0.15) is 6.54 Å². The molecule has 0 saturated heterocycles. The van der Waals surface area contributed by atoms with E-state index in [9.17, 15) is 9.59 Å². The predicted molar refractivity (Wildman–Crippen MR) is 103 cm³/mol. The molecule has 0 aliphatic rings. The van der Waals surface area contributed by atoms with Gasteiger partial charge in [-0.1, -0.05) is 42.5 Å². The molecule has 0 aromatic heterocycles. The first-order valence-corrected chi connectivity index (χ1v) is 8.19. The molecule has 0 atom stereocenters. The summed E-state index contributed by atoms with van der Waals surface area (Å²) in [7, 11) is 3.93. The van der Waals surface area contributed by atoms with Crippen molar-refractivity contribution >= 4 is 23.8 Å². The summed E-state index contributed by atoms with van der Waals surface area (Å²) in [4.78, 5) is 25.3. The number of urea groups is 1. The molecule has 2 aromatic carbocycles. The van der Waals surface area contributed by atoms with Crippen LogP contribution in [0.4, 0.5) is 10.5 Å². The second-order valence-corrected chi connectivity index (χ2v) is 5.80. The lowest BCUT2D eigenvalue weighted by Gasteiger charge is -2.11. The fraction of sp³-hybridized carbons (Fsp3) is 0.211. The lowest BCUT2D eigenvalue weighted by molar-refractivity contribution is -0.120. The first-order chi connectivity index (χ1) is 12.5. The summed E-state index contributed by atoms with van der Waals surface area (Å²) in [6, 6.07) is 16.8. The van der Waals surface area contributed by atoms with Crippen LogP contribution in [0.5, 0.6) is 0 Å². The molecule has 3 amide bonds. The summed E-state index contributed by atoms with van der Waals surface area (Å²) in [6.45, 7) is 0.243. The normalized spacial score (nSPS) is 10.4. The highest BCUT2D eigenvalue weighted by molar-refractivity contribution is 5.86. The maximum atomic E-state index is 11.7. The molecule has 0 aliphatic heterocycles. The van der Waals surface area contributed by atoms with Gasteiger partial charge < -0.3 is 15.5 Å². The molecule has 0 unspecified atom stereocenters. The fourth-order valence-corrected chi connectivity index (χ4v) is 2.08. The van der Waals surface area contributed by atoms with Crippen LogP contribution in [0.2, 0.25) is 0 Å². The van der Waals surface area contributed by atoms with E-state index >= 15 is 0 Å². The Morgan fingerprint density at radius 3 is 2.35 bits per heavy atom. The quantitative estimate of drug-likeness (QED) is 0.523. The van der Waals surface area contributed by atoms with Gasteiger partial charge in [0.25, 0.3) is 5.91 Å². The Labute approximate surface area is 153 Å². The van der Waals surface area contributed by atoms with Crippen LogP contribution in [-0.2, 0) is 11.3 Å². The highest BCUT2D eigenvalue weighted by Gasteiger charge is 2.04. The molecule has 7 heteroatoms. The average molecular weight is 353 g/mol. The van der Waals surface area contributed by atoms with E-state index in [1.807, 2.05) is 73.6 Å². The third-order valence-electron chi connectivity index (χ3n) is 3.52. The highest BCUT2D eigenvalue weighted by Crippen LogP contribution is 2.10. The Bertz CT molecular complexity index is 742. The van der Waals surface area contributed by atoms with Gasteiger partial charge in [0.2, 0.25) is 0 Å². The standard InChI is InChI=1S/C19H23N5O2/c1-24(2)17-10-8-16(9-11-17)13-22-23-18(25)14-21-19(26)20-12-15-6-4-3-5-7-15/h3-11,13H,12,14H2,1-2H3,(H,23,25)(H2,20,21,26)/b22-13-. The van der Waals surface area contributed by atoms with E-state index in [2.05, 4.69) is 21.2 Å². The van der Waals surface area contributed by atoms with Crippen molar-refractivity contribution in [3.05, 3.63) is 65.7 Å². The van der Waals surface area contributed by atoms with Crippen LogP contribution in [-0.4, -0.2) is 38.8 Å². The molecule has 2 aromatic rings. The largest absolute Gasteiger partial charge is 0.378 e.